The minimum Gasteiger partial charge on any atom is -0.483 e. The van der Waals surface area contributed by atoms with Gasteiger partial charge in [0.1, 0.15) is 5.75 Å². The normalized spacial score (nSPS) is 11.6. The zero-order valence-corrected chi connectivity index (χ0v) is 13.1. The molecule has 2 N–H and O–H groups in total. The molecule has 0 bridgehead atoms. The quantitative estimate of drug-likeness (QED) is 0.859. The number of amides is 1. The van der Waals surface area contributed by atoms with Gasteiger partial charge >= 0.3 is 5.97 Å². The third-order valence-electron chi connectivity index (χ3n) is 3.60. The highest BCUT2D eigenvalue weighted by Gasteiger charge is 2.22. The van der Waals surface area contributed by atoms with Gasteiger partial charge in [0.25, 0.3) is 5.91 Å². The van der Waals surface area contributed by atoms with Crippen molar-refractivity contribution in [2.24, 2.45) is 0 Å². The molecule has 0 aliphatic heterocycles. The van der Waals surface area contributed by atoms with E-state index in [4.69, 9.17) is 4.74 Å². The van der Waals surface area contributed by atoms with Gasteiger partial charge in [-0.2, -0.15) is 0 Å². The van der Waals surface area contributed by atoms with E-state index in [-0.39, 0.29) is 6.61 Å². The molecule has 5 nitrogen and oxygen atoms in total. The number of benzene rings is 2. The molecule has 5 heteroatoms. The lowest BCUT2D eigenvalue weighted by molar-refractivity contribution is -0.142. The van der Waals surface area contributed by atoms with Gasteiger partial charge in [-0.05, 0) is 36.6 Å². The summed E-state index contributed by atoms with van der Waals surface area (Å²) >= 11 is 0. The van der Waals surface area contributed by atoms with Gasteiger partial charge in [0.15, 0.2) is 12.6 Å². The Bertz CT molecular complexity index is 697. The number of aliphatic carboxylic acids is 1. The number of carbonyl (C=O) groups excluding carboxylic acids is 1. The summed E-state index contributed by atoms with van der Waals surface area (Å²) in [6.07, 6.45) is 0. The average molecular weight is 313 g/mol. The fourth-order valence-electron chi connectivity index (χ4n) is 2.16. The second kappa shape index (κ2) is 7.45. The molecule has 0 radical (unpaired) electrons. The predicted octanol–water partition coefficient (Wildman–Crippen LogP) is 2.62. The second-order valence-electron chi connectivity index (χ2n) is 5.24. The van der Waals surface area contributed by atoms with Crippen LogP contribution in [-0.2, 0) is 9.59 Å². The number of hydrogen-bond donors (Lipinski definition) is 2. The maximum atomic E-state index is 12.0. The number of ether oxygens (including phenoxy) is 1. The monoisotopic (exact) mass is 313 g/mol. The van der Waals surface area contributed by atoms with E-state index in [1.165, 1.54) is 0 Å². The van der Waals surface area contributed by atoms with Crippen LogP contribution in [0.4, 0.5) is 0 Å². The van der Waals surface area contributed by atoms with Gasteiger partial charge in [-0.3, -0.25) is 4.79 Å². The topological polar surface area (TPSA) is 75.6 Å². The fraction of sp³-hybridized carbons (Fsp3) is 0.222. The van der Waals surface area contributed by atoms with Gasteiger partial charge in [-0.25, -0.2) is 4.79 Å². The number of aryl methyl sites for hydroxylation is 1. The van der Waals surface area contributed by atoms with Gasteiger partial charge in [-0.15, -0.1) is 0 Å². The molecule has 0 aromatic heterocycles. The number of carbonyl (C=O) groups is 2. The summed E-state index contributed by atoms with van der Waals surface area (Å²) in [6.45, 7) is 3.63. The van der Waals surface area contributed by atoms with Crippen LogP contribution in [-0.4, -0.2) is 23.6 Å². The molecule has 0 aliphatic rings. The van der Waals surface area contributed by atoms with Crippen molar-refractivity contribution in [3.63, 3.8) is 0 Å². The van der Waals surface area contributed by atoms with Crippen LogP contribution in [0.2, 0.25) is 0 Å². The zero-order chi connectivity index (χ0) is 16.8. The van der Waals surface area contributed by atoms with E-state index in [9.17, 15) is 14.7 Å². The Hall–Kier alpha value is -2.82. The fourth-order valence-corrected chi connectivity index (χ4v) is 2.16. The lowest BCUT2D eigenvalue weighted by atomic mass is 10.1. The molecule has 1 atom stereocenters. The van der Waals surface area contributed by atoms with Gasteiger partial charge < -0.3 is 15.2 Å². The molecule has 0 heterocycles. The van der Waals surface area contributed by atoms with Crippen molar-refractivity contribution in [1.29, 1.82) is 0 Å². The standard InChI is InChI=1S/C18H19NO4/c1-12-7-6-10-15(13(12)2)23-11-16(20)19-17(18(21)22)14-8-4-3-5-9-14/h3-10,17H,11H2,1-2H3,(H,19,20)(H,21,22). The molecule has 120 valence electrons. The van der Waals surface area contributed by atoms with Crippen LogP contribution in [0, 0.1) is 13.8 Å². The summed E-state index contributed by atoms with van der Waals surface area (Å²) in [5, 5.41) is 11.8. The zero-order valence-electron chi connectivity index (χ0n) is 13.1. The highest BCUT2D eigenvalue weighted by atomic mass is 16.5. The third-order valence-corrected chi connectivity index (χ3v) is 3.60. The van der Waals surface area contributed by atoms with E-state index in [0.29, 0.717) is 11.3 Å². The first-order valence-electron chi connectivity index (χ1n) is 7.25. The molecule has 1 unspecified atom stereocenters. The maximum Gasteiger partial charge on any atom is 0.330 e. The second-order valence-corrected chi connectivity index (χ2v) is 5.24. The van der Waals surface area contributed by atoms with Crippen molar-refractivity contribution in [2.45, 2.75) is 19.9 Å². The Morgan fingerprint density at radius 3 is 2.43 bits per heavy atom. The summed E-state index contributed by atoms with van der Waals surface area (Å²) in [4.78, 5) is 23.4. The highest BCUT2D eigenvalue weighted by Crippen LogP contribution is 2.20. The molecule has 2 aromatic carbocycles. The first-order valence-corrected chi connectivity index (χ1v) is 7.25. The number of hydrogen-bond acceptors (Lipinski definition) is 3. The number of nitrogens with one attached hydrogen (secondary N) is 1. The average Bonchev–Trinajstić information content (AvgIpc) is 2.54. The number of rotatable bonds is 6. The van der Waals surface area contributed by atoms with E-state index >= 15 is 0 Å². The third kappa shape index (κ3) is 4.32. The Balaban J connectivity index is 2.00. The molecule has 0 spiro atoms. The number of carboxylic acids is 1. The maximum absolute atomic E-state index is 12.0. The smallest absolute Gasteiger partial charge is 0.330 e. The molecular weight excluding hydrogens is 294 g/mol. The largest absolute Gasteiger partial charge is 0.483 e. The Labute approximate surface area is 134 Å². The SMILES string of the molecule is Cc1cccc(OCC(=O)NC(C(=O)O)c2ccccc2)c1C. The van der Waals surface area contributed by atoms with Gasteiger partial charge in [0.2, 0.25) is 0 Å². The van der Waals surface area contributed by atoms with Crippen LogP contribution in [0.1, 0.15) is 22.7 Å². The summed E-state index contributed by atoms with van der Waals surface area (Å²) < 4.78 is 5.49. The first kappa shape index (κ1) is 16.5. The van der Waals surface area contributed by atoms with Crippen LogP contribution >= 0.6 is 0 Å². The van der Waals surface area contributed by atoms with E-state index in [0.717, 1.165) is 11.1 Å². The van der Waals surface area contributed by atoms with E-state index in [1.807, 2.05) is 26.0 Å². The summed E-state index contributed by atoms with van der Waals surface area (Å²) in [6, 6.07) is 13.0. The minimum atomic E-state index is -1.11. The Morgan fingerprint density at radius 1 is 1.09 bits per heavy atom. The molecule has 0 fully saturated rings. The molecule has 23 heavy (non-hydrogen) atoms. The molecule has 0 aliphatic carbocycles. The van der Waals surface area contributed by atoms with E-state index in [2.05, 4.69) is 5.32 Å². The summed E-state index contributed by atoms with van der Waals surface area (Å²) in [5.74, 6) is -0.981. The molecular formula is C18H19NO4. The molecule has 2 aromatic rings. The van der Waals surface area contributed by atoms with E-state index < -0.39 is 17.9 Å². The van der Waals surface area contributed by atoms with Crippen molar-refractivity contribution in [3.8, 4) is 5.75 Å². The lowest BCUT2D eigenvalue weighted by Crippen LogP contribution is -2.36. The Kier molecular flexibility index (Phi) is 5.36. The van der Waals surface area contributed by atoms with Gasteiger partial charge in [-0.1, -0.05) is 42.5 Å². The van der Waals surface area contributed by atoms with E-state index in [1.54, 1.807) is 36.4 Å². The Morgan fingerprint density at radius 2 is 1.78 bits per heavy atom. The van der Waals surface area contributed by atoms with Crippen LogP contribution in [0.3, 0.4) is 0 Å². The van der Waals surface area contributed by atoms with Crippen LogP contribution in [0.5, 0.6) is 5.75 Å². The van der Waals surface area contributed by atoms with Crippen molar-refractivity contribution in [3.05, 3.63) is 65.2 Å². The van der Waals surface area contributed by atoms with Crippen LogP contribution in [0.15, 0.2) is 48.5 Å². The van der Waals surface area contributed by atoms with Crippen molar-refractivity contribution in [2.75, 3.05) is 6.61 Å². The summed E-state index contributed by atoms with van der Waals surface area (Å²) in [7, 11) is 0. The van der Waals surface area contributed by atoms with Gasteiger partial charge in [0, 0.05) is 0 Å². The van der Waals surface area contributed by atoms with Crippen molar-refractivity contribution >= 4 is 11.9 Å². The number of carboxylic acid groups (broad SMARTS) is 1. The summed E-state index contributed by atoms with van der Waals surface area (Å²) in [5.41, 5.74) is 2.54. The van der Waals surface area contributed by atoms with Crippen LogP contribution < -0.4 is 10.1 Å². The van der Waals surface area contributed by atoms with Crippen molar-refractivity contribution in [1.82, 2.24) is 5.32 Å². The van der Waals surface area contributed by atoms with Crippen molar-refractivity contribution < 1.29 is 19.4 Å². The van der Waals surface area contributed by atoms with Gasteiger partial charge in [0.05, 0.1) is 0 Å². The minimum absolute atomic E-state index is 0.235. The first-order chi connectivity index (χ1) is 11.0. The highest BCUT2D eigenvalue weighted by molar-refractivity contribution is 5.85. The molecule has 2 rings (SSSR count). The van der Waals surface area contributed by atoms with Crippen LogP contribution in [0.25, 0.3) is 0 Å². The predicted molar refractivity (Wildman–Crippen MR) is 86.4 cm³/mol. The molecule has 1 amide bonds. The molecule has 0 saturated heterocycles. The molecule has 0 saturated carbocycles. The lowest BCUT2D eigenvalue weighted by Gasteiger charge is -2.16.